The molecule has 0 saturated heterocycles. The molecule has 0 atom stereocenters. The van der Waals surface area contributed by atoms with Crippen molar-refractivity contribution in [2.75, 3.05) is 5.32 Å². The highest BCUT2D eigenvalue weighted by Crippen LogP contribution is 2.27. The van der Waals surface area contributed by atoms with Crippen LogP contribution in [0.2, 0.25) is 0 Å². The van der Waals surface area contributed by atoms with E-state index in [2.05, 4.69) is 26.3 Å². The Bertz CT molecular complexity index is 1200. The molecular formula is C22H15BrN4O3. The average Bonchev–Trinajstić information content (AvgIpc) is 3.22. The lowest BCUT2D eigenvalue weighted by atomic mass is 10.1. The number of nitro groups is 1. The van der Waals surface area contributed by atoms with Crippen molar-refractivity contribution in [3.63, 3.8) is 0 Å². The van der Waals surface area contributed by atoms with Crippen molar-refractivity contribution in [2.45, 2.75) is 0 Å². The molecule has 1 amide bonds. The van der Waals surface area contributed by atoms with E-state index in [0.717, 1.165) is 10.2 Å². The Balaban J connectivity index is 1.75. The highest BCUT2D eigenvalue weighted by Gasteiger charge is 2.19. The van der Waals surface area contributed by atoms with Gasteiger partial charge in [0, 0.05) is 34.1 Å². The van der Waals surface area contributed by atoms with E-state index in [4.69, 9.17) is 0 Å². The first-order valence-corrected chi connectivity index (χ1v) is 9.77. The Hall–Kier alpha value is -3.78. The number of rotatable bonds is 5. The average molecular weight is 463 g/mol. The topological polar surface area (TPSA) is 90.1 Å². The van der Waals surface area contributed by atoms with Gasteiger partial charge in [-0.05, 0) is 48.5 Å². The SMILES string of the molecule is O=C(Nc1ccc(Br)cc1)c1cn(-c2ccccc2)nc1-c1ccc([N+](=O)[O-])cc1. The summed E-state index contributed by atoms with van der Waals surface area (Å²) in [5.41, 5.74) is 2.81. The molecule has 7 nitrogen and oxygen atoms in total. The standard InChI is InChI=1S/C22H15BrN4O3/c23-16-8-10-17(11-9-16)24-22(28)20-14-26(18-4-2-1-3-5-18)25-21(20)15-6-12-19(13-7-15)27(29)30/h1-14H,(H,24,28). The van der Waals surface area contributed by atoms with E-state index >= 15 is 0 Å². The number of carbonyl (C=O) groups excluding carboxylic acids is 1. The van der Waals surface area contributed by atoms with Crippen LogP contribution in [0.4, 0.5) is 11.4 Å². The lowest BCUT2D eigenvalue weighted by molar-refractivity contribution is -0.384. The Morgan fingerprint density at radius 1 is 0.967 bits per heavy atom. The smallest absolute Gasteiger partial charge is 0.269 e. The predicted molar refractivity (Wildman–Crippen MR) is 118 cm³/mol. The number of para-hydroxylation sites is 1. The number of non-ortho nitro benzene ring substituents is 1. The van der Waals surface area contributed by atoms with E-state index in [-0.39, 0.29) is 11.6 Å². The van der Waals surface area contributed by atoms with Crippen LogP contribution in [0, 0.1) is 10.1 Å². The third-order valence-electron chi connectivity index (χ3n) is 4.43. The van der Waals surface area contributed by atoms with E-state index in [1.54, 1.807) is 35.1 Å². The number of halogens is 1. The van der Waals surface area contributed by atoms with Gasteiger partial charge in [0.1, 0.15) is 5.69 Å². The summed E-state index contributed by atoms with van der Waals surface area (Å²) in [5.74, 6) is -0.326. The van der Waals surface area contributed by atoms with Crippen molar-refractivity contribution in [3.05, 3.63) is 105 Å². The first-order chi connectivity index (χ1) is 14.5. The largest absolute Gasteiger partial charge is 0.322 e. The summed E-state index contributed by atoms with van der Waals surface area (Å²) in [6.07, 6.45) is 1.65. The summed E-state index contributed by atoms with van der Waals surface area (Å²) in [7, 11) is 0. The number of nitrogens with one attached hydrogen (secondary N) is 1. The van der Waals surface area contributed by atoms with Crippen molar-refractivity contribution >= 4 is 33.2 Å². The molecule has 0 radical (unpaired) electrons. The number of aromatic nitrogens is 2. The maximum atomic E-state index is 13.0. The van der Waals surface area contributed by atoms with Crippen LogP contribution in [-0.4, -0.2) is 20.6 Å². The van der Waals surface area contributed by atoms with Gasteiger partial charge in [-0.25, -0.2) is 4.68 Å². The predicted octanol–water partition coefficient (Wildman–Crippen LogP) is 5.46. The summed E-state index contributed by atoms with van der Waals surface area (Å²) in [6.45, 7) is 0. The number of carbonyl (C=O) groups is 1. The van der Waals surface area contributed by atoms with Crippen LogP contribution in [0.25, 0.3) is 16.9 Å². The van der Waals surface area contributed by atoms with Crippen LogP contribution in [0.1, 0.15) is 10.4 Å². The van der Waals surface area contributed by atoms with E-state index in [1.165, 1.54) is 12.1 Å². The number of nitro benzene ring substituents is 1. The van der Waals surface area contributed by atoms with Crippen LogP contribution in [0.5, 0.6) is 0 Å². The molecule has 4 rings (SSSR count). The molecule has 0 unspecified atom stereocenters. The Morgan fingerprint density at radius 3 is 2.27 bits per heavy atom. The molecule has 0 aliphatic rings. The van der Waals surface area contributed by atoms with Gasteiger partial charge in [0.2, 0.25) is 0 Å². The molecule has 0 aliphatic carbocycles. The van der Waals surface area contributed by atoms with Gasteiger partial charge in [-0.1, -0.05) is 34.1 Å². The number of nitrogens with zero attached hydrogens (tertiary/aromatic N) is 3. The summed E-state index contributed by atoms with van der Waals surface area (Å²) < 4.78 is 2.52. The zero-order valence-electron chi connectivity index (χ0n) is 15.5. The minimum Gasteiger partial charge on any atom is -0.322 e. The molecule has 0 fully saturated rings. The molecule has 148 valence electrons. The lowest BCUT2D eigenvalue weighted by Gasteiger charge is -2.05. The van der Waals surface area contributed by atoms with Gasteiger partial charge in [0.15, 0.2) is 0 Å². The van der Waals surface area contributed by atoms with Crippen LogP contribution < -0.4 is 5.32 Å². The number of anilines is 1. The quantitative estimate of drug-likeness (QED) is 0.314. The molecule has 1 N–H and O–H groups in total. The van der Waals surface area contributed by atoms with Gasteiger partial charge in [-0.3, -0.25) is 14.9 Å². The molecule has 0 saturated carbocycles. The maximum Gasteiger partial charge on any atom is 0.269 e. The van der Waals surface area contributed by atoms with Gasteiger partial charge in [-0.15, -0.1) is 0 Å². The molecular weight excluding hydrogens is 448 g/mol. The van der Waals surface area contributed by atoms with E-state index < -0.39 is 4.92 Å². The minimum atomic E-state index is -0.465. The normalized spacial score (nSPS) is 10.6. The Kier molecular flexibility index (Phi) is 5.40. The first-order valence-electron chi connectivity index (χ1n) is 8.98. The molecule has 0 aliphatic heterocycles. The fourth-order valence-electron chi connectivity index (χ4n) is 2.94. The Labute approximate surface area is 180 Å². The summed E-state index contributed by atoms with van der Waals surface area (Å²) >= 11 is 3.37. The molecule has 0 spiro atoms. The molecule has 1 aromatic heterocycles. The summed E-state index contributed by atoms with van der Waals surface area (Å²) in [4.78, 5) is 23.5. The fraction of sp³-hybridized carbons (Fsp3) is 0. The van der Waals surface area contributed by atoms with Crippen molar-refractivity contribution in [2.24, 2.45) is 0 Å². The molecule has 1 heterocycles. The van der Waals surface area contributed by atoms with Crippen LogP contribution in [0.3, 0.4) is 0 Å². The highest BCUT2D eigenvalue weighted by atomic mass is 79.9. The fourth-order valence-corrected chi connectivity index (χ4v) is 3.20. The second-order valence-electron chi connectivity index (χ2n) is 6.44. The van der Waals surface area contributed by atoms with Gasteiger partial charge < -0.3 is 5.32 Å². The maximum absolute atomic E-state index is 13.0. The first kappa shape index (κ1) is 19.5. The number of benzene rings is 3. The van der Waals surface area contributed by atoms with E-state index in [0.29, 0.717) is 22.5 Å². The third kappa shape index (κ3) is 4.13. The van der Waals surface area contributed by atoms with E-state index in [1.807, 2.05) is 42.5 Å². The van der Waals surface area contributed by atoms with Gasteiger partial charge in [0.05, 0.1) is 16.2 Å². The molecule has 0 bridgehead atoms. The van der Waals surface area contributed by atoms with Crippen molar-refractivity contribution in [3.8, 4) is 16.9 Å². The third-order valence-corrected chi connectivity index (χ3v) is 4.96. The van der Waals surface area contributed by atoms with Crippen LogP contribution in [0.15, 0.2) is 89.5 Å². The van der Waals surface area contributed by atoms with Crippen LogP contribution in [-0.2, 0) is 0 Å². The molecule has 8 heteroatoms. The van der Waals surface area contributed by atoms with Gasteiger partial charge in [0.25, 0.3) is 11.6 Å². The van der Waals surface area contributed by atoms with E-state index in [9.17, 15) is 14.9 Å². The second kappa shape index (κ2) is 8.30. The van der Waals surface area contributed by atoms with Crippen molar-refractivity contribution < 1.29 is 9.72 Å². The molecule has 3 aromatic carbocycles. The van der Waals surface area contributed by atoms with Gasteiger partial charge in [-0.2, -0.15) is 5.10 Å². The van der Waals surface area contributed by atoms with Gasteiger partial charge >= 0.3 is 0 Å². The van der Waals surface area contributed by atoms with Crippen molar-refractivity contribution in [1.82, 2.24) is 9.78 Å². The molecule has 30 heavy (non-hydrogen) atoms. The minimum absolute atomic E-state index is 0.0258. The highest BCUT2D eigenvalue weighted by molar-refractivity contribution is 9.10. The molecule has 4 aromatic rings. The number of amides is 1. The van der Waals surface area contributed by atoms with Crippen LogP contribution >= 0.6 is 15.9 Å². The number of hydrogen-bond donors (Lipinski definition) is 1. The number of hydrogen-bond acceptors (Lipinski definition) is 4. The zero-order valence-corrected chi connectivity index (χ0v) is 17.1. The summed E-state index contributed by atoms with van der Waals surface area (Å²) in [5, 5.41) is 18.4. The Morgan fingerprint density at radius 2 is 1.63 bits per heavy atom. The monoisotopic (exact) mass is 462 g/mol. The zero-order chi connectivity index (χ0) is 21.1. The van der Waals surface area contributed by atoms with Crippen molar-refractivity contribution in [1.29, 1.82) is 0 Å². The lowest BCUT2D eigenvalue weighted by Crippen LogP contribution is -2.12. The summed E-state index contributed by atoms with van der Waals surface area (Å²) in [6, 6.07) is 22.6. The second-order valence-corrected chi connectivity index (χ2v) is 7.35.